The monoisotopic (exact) mass is 269 g/mol. The lowest BCUT2D eigenvalue weighted by Gasteiger charge is -2.02. The lowest BCUT2D eigenvalue weighted by atomic mass is 10.1. The van der Waals surface area contributed by atoms with Crippen molar-refractivity contribution in [1.29, 1.82) is 0 Å². The molecule has 1 heterocycles. The van der Waals surface area contributed by atoms with E-state index in [2.05, 4.69) is 30.1 Å². The van der Waals surface area contributed by atoms with Gasteiger partial charge in [-0.15, -0.1) is 11.3 Å². The van der Waals surface area contributed by atoms with Crippen LogP contribution in [-0.2, 0) is 0 Å². The third-order valence-corrected chi connectivity index (χ3v) is 3.86. The molecular weight excluding hydrogens is 258 g/mol. The summed E-state index contributed by atoms with van der Waals surface area (Å²) >= 11 is 1.35. The first kappa shape index (κ1) is 11.9. The molecule has 0 spiro atoms. The van der Waals surface area contributed by atoms with E-state index in [4.69, 9.17) is 5.11 Å². The predicted octanol–water partition coefficient (Wildman–Crippen LogP) is 3.97. The summed E-state index contributed by atoms with van der Waals surface area (Å²) < 4.78 is 0. The summed E-state index contributed by atoms with van der Waals surface area (Å²) in [6, 6.07) is 12.3. The highest BCUT2D eigenvalue weighted by Gasteiger charge is 2.10. The van der Waals surface area contributed by atoms with Crippen molar-refractivity contribution in [2.45, 2.75) is 6.92 Å². The average molecular weight is 269 g/mol. The minimum Gasteiger partial charge on any atom is -0.476 e. The van der Waals surface area contributed by atoms with Crippen LogP contribution in [0.2, 0.25) is 0 Å². The maximum Gasteiger partial charge on any atom is 0.355 e. The maximum absolute atomic E-state index is 10.8. The lowest BCUT2D eigenvalue weighted by Crippen LogP contribution is -1.95. The average Bonchev–Trinajstić information content (AvgIpc) is 2.88. The third-order valence-electron chi connectivity index (χ3n) is 2.97. The topological polar surface area (TPSA) is 50.2 Å². The van der Waals surface area contributed by atoms with Crippen LogP contribution in [-0.4, -0.2) is 16.1 Å². The summed E-state index contributed by atoms with van der Waals surface area (Å²) in [7, 11) is 0. The summed E-state index contributed by atoms with van der Waals surface area (Å²) in [6.45, 7) is 2.06. The van der Waals surface area contributed by atoms with Crippen LogP contribution in [0.25, 0.3) is 21.3 Å². The SMILES string of the molecule is Cc1ccc2cc(-c3nc(C(=O)O)cs3)ccc2c1. The van der Waals surface area contributed by atoms with Gasteiger partial charge in [-0.05, 0) is 23.8 Å². The molecule has 19 heavy (non-hydrogen) atoms. The maximum atomic E-state index is 10.8. The third kappa shape index (κ3) is 2.22. The first-order valence-electron chi connectivity index (χ1n) is 5.83. The Morgan fingerprint density at radius 3 is 2.63 bits per heavy atom. The van der Waals surface area contributed by atoms with Gasteiger partial charge in [-0.2, -0.15) is 0 Å². The van der Waals surface area contributed by atoms with Gasteiger partial charge in [0.1, 0.15) is 5.01 Å². The molecule has 4 heteroatoms. The molecule has 3 nitrogen and oxygen atoms in total. The minimum absolute atomic E-state index is 0.101. The number of hydrogen-bond acceptors (Lipinski definition) is 3. The van der Waals surface area contributed by atoms with Crippen molar-refractivity contribution in [1.82, 2.24) is 4.98 Å². The number of carbonyl (C=O) groups is 1. The molecular formula is C15H11NO2S. The standard InChI is InChI=1S/C15H11NO2S/c1-9-2-3-11-7-12(5-4-10(11)6-9)14-16-13(8-19-14)15(17)18/h2-8H,1H3,(H,17,18). The summed E-state index contributed by atoms with van der Waals surface area (Å²) in [5, 5.41) is 13.5. The fraction of sp³-hybridized carbons (Fsp3) is 0.0667. The van der Waals surface area contributed by atoms with Crippen LogP contribution in [0.5, 0.6) is 0 Å². The van der Waals surface area contributed by atoms with Crippen molar-refractivity contribution >= 4 is 28.1 Å². The number of benzene rings is 2. The zero-order chi connectivity index (χ0) is 13.4. The quantitative estimate of drug-likeness (QED) is 0.765. The highest BCUT2D eigenvalue weighted by atomic mass is 32.1. The van der Waals surface area contributed by atoms with Crippen LogP contribution in [0.3, 0.4) is 0 Å². The largest absolute Gasteiger partial charge is 0.476 e. The van der Waals surface area contributed by atoms with Gasteiger partial charge in [0.2, 0.25) is 0 Å². The number of thiazole rings is 1. The van der Waals surface area contributed by atoms with Crippen molar-refractivity contribution in [3.8, 4) is 10.6 Å². The molecule has 3 aromatic rings. The highest BCUT2D eigenvalue weighted by molar-refractivity contribution is 7.13. The van der Waals surface area contributed by atoms with Gasteiger partial charge in [-0.1, -0.05) is 35.9 Å². The fourth-order valence-corrected chi connectivity index (χ4v) is 2.79. The van der Waals surface area contributed by atoms with Gasteiger partial charge >= 0.3 is 5.97 Å². The Morgan fingerprint density at radius 2 is 1.89 bits per heavy atom. The fourth-order valence-electron chi connectivity index (χ4n) is 2.00. The second-order valence-corrected chi connectivity index (χ2v) is 5.27. The van der Waals surface area contributed by atoms with E-state index in [9.17, 15) is 4.79 Å². The molecule has 0 unspecified atom stereocenters. The van der Waals surface area contributed by atoms with Crippen LogP contribution in [0.1, 0.15) is 16.1 Å². The molecule has 0 atom stereocenters. The minimum atomic E-state index is -0.987. The van der Waals surface area contributed by atoms with E-state index in [0.29, 0.717) is 0 Å². The normalized spacial score (nSPS) is 10.8. The molecule has 0 saturated carbocycles. The lowest BCUT2D eigenvalue weighted by molar-refractivity contribution is 0.0691. The molecule has 0 radical (unpaired) electrons. The van der Waals surface area contributed by atoms with Gasteiger partial charge in [-0.3, -0.25) is 0 Å². The Balaban J connectivity index is 2.09. The number of carboxylic acids is 1. The highest BCUT2D eigenvalue weighted by Crippen LogP contribution is 2.27. The van der Waals surface area contributed by atoms with Crippen LogP contribution < -0.4 is 0 Å². The Labute approximate surface area is 114 Å². The van der Waals surface area contributed by atoms with E-state index >= 15 is 0 Å². The zero-order valence-electron chi connectivity index (χ0n) is 10.3. The number of hydrogen-bond donors (Lipinski definition) is 1. The summed E-state index contributed by atoms with van der Waals surface area (Å²) in [6.07, 6.45) is 0. The van der Waals surface area contributed by atoms with Gasteiger partial charge in [-0.25, -0.2) is 9.78 Å². The number of aromatic nitrogens is 1. The Hall–Kier alpha value is -2.20. The molecule has 0 fully saturated rings. The Bertz CT molecular complexity index is 777. The molecule has 0 aliphatic heterocycles. The van der Waals surface area contributed by atoms with E-state index in [1.807, 2.05) is 18.2 Å². The molecule has 0 aliphatic carbocycles. The second-order valence-electron chi connectivity index (χ2n) is 4.41. The molecule has 0 bridgehead atoms. The molecule has 1 aromatic heterocycles. The summed E-state index contributed by atoms with van der Waals surface area (Å²) in [5.41, 5.74) is 2.28. The molecule has 0 aliphatic rings. The first-order valence-corrected chi connectivity index (χ1v) is 6.71. The van der Waals surface area contributed by atoms with Gasteiger partial charge in [0.25, 0.3) is 0 Å². The molecule has 0 saturated heterocycles. The molecule has 94 valence electrons. The molecule has 3 rings (SSSR count). The number of rotatable bonds is 2. The van der Waals surface area contributed by atoms with Gasteiger partial charge in [0.05, 0.1) is 0 Å². The van der Waals surface area contributed by atoms with Crippen molar-refractivity contribution in [3.63, 3.8) is 0 Å². The van der Waals surface area contributed by atoms with Crippen molar-refractivity contribution in [2.75, 3.05) is 0 Å². The van der Waals surface area contributed by atoms with Crippen LogP contribution in [0, 0.1) is 6.92 Å². The number of nitrogens with zero attached hydrogens (tertiary/aromatic N) is 1. The molecule has 0 amide bonds. The van der Waals surface area contributed by atoms with E-state index in [1.165, 1.54) is 22.3 Å². The molecule has 1 N–H and O–H groups in total. The zero-order valence-corrected chi connectivity index (χ0v) is 11.1. The van der Waals surface area contributed by atoms with E-state index < -0.39 is 5.97 Å². The molecule has 2 aromatic carbocycles. The van der Waals surface area contributed by atoms with E-state index in [-0.39, 0.29) is 5.69 Å². The number of fused-ring (bicyclic) bond motifs is 1. The van der Waals surface area contributed by atoms with Crippen LogP contribution >= 0.6 is 11.3 Å². The van der Waals surface area contributed by atoms with Crippen molar-refractivity contribution in [2.24, 2.45) is 0 Å². The van der Waals surface area contributed by atoms with Crippen LogP contribution in [0.15, 0.2) is 41.8 Å². The van der Waals surface area contributed by atoms with Gasteiger partial charge in [0.15, 0.2) is 5.69 Å². The predicted molar refractivity (Wildman–Crippen MR) is 76.8 cm³/mol. The second kappa shape index (κ2) is 4.48. The van der Waals surface area contributed by atoms with Crippen molar-refractivity contribution < 1.29 is 9.90 Å². The van der Waals surface area contributed by atoms with Gasteiger partial charge < -0.3 is 5.11 Å². The number of aromatic carboxylic acids is 1. The van der Waals surface area contributed by atoms with E-state index in [1.54, 1.807) is 5.38 Å². The van der Waals surface area contributed by atoms with Gasteiger partial charge in [0, 0.05) is 10.9 Å². The number of aryl methyl sites for hydroxylation is 1. The summed E-state index contributed by atoms with van der Waals surface area (Å²) in [5.74, 6) is -0.987. The first-order chi connectivity index (χ1) is 9.13. The van der Waals surface area contributed by atoms with Crippen molar-refractivity contribution in [3.05, 3.63) is 53.0 Å². The number of carboxylic acid groups (broad SMARTS) is 1. The smallest absolute Gasteiger partial charge is 0.355 e. The Morgan fingerprint density at radius 1 is 1.16 bits per heavy atom. The Kier molecular flexibility index (Phi) is 2.80. The van der Waals surface area contributed by atoms with Crippen LogP contribution in [0.4, 0.5) is 0 Å². The summed E-state index contributed by atoms with van der Waals surface area (Å²) in [4.78, 5) is 15.0. The van der Waals surface area contributed by atoms with E-state index in [0.717, 1.165) is 16.0 Å².